The molecule has 0 radical (unpaired) electrons. The summed E-state index contributed by atoms with van der Waals surface area (Å²) < 4.78 is 12.2. The van der Waals surface area contributed by atoms with E-state index in [0.29, 0.717) is 42.8 Å². The van der Waals surface area contributed by atoms with Crippen LogP contribution in [-0.2, 0) is 16.5 Å². The molecule has 1 saturated heterocycles. The Morgan fingerprint density at radius 2 is 2.39 bits per heavy atom. The average Bonchev–Trinajstić information content (AvgIpc) is 2.62. The molecule has 0 saturated carbocycles. The van der Waals surface area contributed by atoms with Crippen LogP contribution in [0, 0.1) is 6.92 Å². The Morgan fingerprint density at radius 1 is 1.61 bits per heavy atom. The highest BCUT2D eigenvalue weighted by molar-refractivity contribution is 6.34. The van der Waals surface area contributed by atoms with Gasteiger partial charge in [0.1, 0.15) is 5.69 Å². The molecule has 1 unspecified atom stereocenters. The van der Waals surface area contributed by atoms with E-state index in [1.54, 1.807) is 14.0 Å². The van der Waals surface area contributed by atoms with Gasteiger partial charge in [-0.25, -0.2) is 0 Å². The molecule has 1 aliphatic heterocycles. The Balaban J connectivity index is 1.95. The largest absolute Gasteiger partial charge is 0.376 e. The van der Waals surface area contributed by atoms with Gasteiger partial charge < -0.3 is 14.8 Å². The van der Waals surface area contributed by atoms with E-state index >= 15 is 0 Å². The van der Waals surface area contributed by atoms with Crippen molar-refractivity contribution in [1.82, 2.24) is 15.1 Å². The number of hydrogen-bond acceptors (Lipinski definition) is 4. The van der Waals surface area contributed by atoms with Crippen LogP contribution in [0.15, 0.2) is 0 Å². The topological polar surface area (TPSA) is 65.4 Å². The summed E-state index contributed by atoms with van der Waals surface area (Å²) in [6.45, 7) is 3.83. The molecule has 7 heteroatoms. The number of ether oxygens (including phenoxy) is 2. The SMILES string of the molecule is Cc1nn(C)c(C(=O)NCC2COCCO2)c1Cl. The molecule has 1 N–H and O–H groups in total. The third-order valence-corrected chi connectivity index (χ3v) is 3.19. The van der Waals surface area contributed by atoms with Crippen LogP contribution in [0.4, 0.5) is 0 Å². The molecule has 0 bridgehead atoms. The van der Waals surface area contributed by atoms with Crippen molar-refractivity contribution in [3.8, 4) is 0 Å². The van der Waals surface area contributed by atoms with Crippen molar-refractivity contribution in [3.63, 3.8) is 0 Å². The van der Waals surface area contributed by atoms with Crippen molar-refractivity contribution in [3.05, 3.63) is 16.4 Å². The lowest BCUT2D eigenvalue weighted by Crippen LogP contribution is -2.40. The normalized spacial score (nSPS) is 19.8. The summed E-state index contributed by atoms with van der Waals surface area (Å²) in [5.41, 5.74) is 1.01. The molecular formula is C11H16ClN3O3. The first-order valence-electron chi connectivity index (χ1n) is 5.76. The standard InChI is InChI=1S/C11H16ClN3O3/c1-7-9(12)10(15(2)14-7)11(16)13-5-8-6-17-3-4-18-8/h8H,3-6H2,1-2H3,(H,13,16). The van der Waals surface area contributed by atoms with E-state index < -0.39 is 0 Å². The van der Waals surface area contributed by atoms with Crippen LogP contribution < -0.4 is 5.32 Å². The van der Waals surface area contributed by atoms with E-state index in [1.807, 2.05) is 0 Å². The van der Waals surface area contributed by atoms with Crippen LogP contribution in [0.1, 0.15) is 16.2 Å². The summed E-state index contributed by atoms with van der Waals surface area (Å²) in [6.07, 6.45) is -0.101. The summed E-state index contributed by atoms with van der Waals surface area (Å²) in [4.78, 5) is 12.0. The monoisotopic (exact) mass is 273 g/mol. The smallest absolute Gasteiger partial charge is 0.271 e. The number of halogens is 1. The zero-order valence-corrected chi connectivity index (χ0v) is 11.2. The van der Waals surface area contributed by atoms with Crippen LogP contribution in [0.5, 0.6) is 0 Å². The summed E-state index contributed by atoms with van der Waals surface area (Å²) in [7, 11) is 1.69. The number of rotatable bonds is 3. The lowest BCUT2D eigenvalue weighted by Gasteiger charge is -2.23. The molecule has 0 aromatic carbocycles. The van der Waals surface area contributed by atoms with E-state index in [0.717, 1.165) is 0 Å². The highest BCUT2D eigenvalue weighted by Crippen LogP contribution is 2.19. The zero-order chi connectivity index (χ0) is 13.1. The predicted molar refractivity (Wildman–Crippen MR) is 65.8 cm³/mol. The molecule has 0 aliphatic carbocycles. The lowest BCUT2D eigenvalue weighted by molar-refractivity contribution is -0.0855. The molecule has 6 nitrogen and oxygen atoms in total. The number of carbonyl (C=O) groups excluding carboxylic acids is 1. The minimum atomic E-state index is -0.253. The van der Waals surface area contributed by atoms with Gasteiger partial charge in [-0.1, -0.05) is 11.6 Å². The van der Waals surface area contributed by atoms with Crippen molar-refractivity contribution >= 4 is 17.5 Å². The number of aryl methyl sites for hydroxylation is 2. The van der Waals surface area contributed by atoms with Crippen LogP contribution in [0.25, 0.3) is 0 Å². The molecule has 1 fully saturated rings. The molecule has 1 aromatic rings. The molecule has 100 valence electrons. The molecule has 2 heterocycles. The van der Waals surface area contributed by atoms with Gasteiger partial charge in [-0.2, -0.15) is 5.10 Å². The fraction of sp³-hybridized carbons (Fsp3) is 0.636. The van der Waals surface area contributed by atoms with Crippen molar-refractivity contribution in [2.75, 3.05) is 26.4 Å². The van der Waals surface area contributed by atoms with Crippen molar-refractivity contribution in [1.29, 1.82) is 0 Å². The zero-order valence-electron chi connectivity index (χ0n) is 10.4. The molecule has 2 rings (SSSR count). The Hall–Kier alpha value is -1.11. The van der Waals surface area contributed by atoms with E-state index in [1.165, 1.54) is 4.68 Å². The number of amides is 1. The van der Waals surface area contributed by atoms with E-state index in [-0.39, 0.29) is 12.0 Å². The Kier molecular flexibility index (Phi) is 4.21. The fourth-order valence-electron chi connectivity index (χ4n) is 1.82. The van der Waals surface area contributed by atoms with Gasteiger partial charge >= 0.3 is 0 Å². The summed E-state index contributed by atoms with van der Waals surface area (Å²) in [5.74, 6) is -0.253. The number of aromatic nitrogens is 2. The molecular weight excluding hydrogens is 258 g/mol. The quantitative estimate of drug-likeness (QED) is 0.872. The van der Waals surface area contributed by atoms with Gasteiger partial charge in [-0.05, 0) is 6.92 Å². The molecule has 1 amide bonds. The van der Waals surface area contributed by atoms with Crippen molar-refractivity contribution in [2.45, 2.75) is 13.0 Å². The molecule has 1 atom stereocenters. The van der Waals surface area contributed by atoms with Crippen molar-refractivity contribution < 1.29 is 14.3 Å². The maximum Gasteiger partial charge on any atom is 0.271 e. The third kappa shape index (κ3) is 2.82. The minimum Gasteiger partial charge on any atom is -0.376 e. The fourth-order valence-corrected chi connectivity index (χ4v) is 2.07. The average molecular weight is 274 g/mol. The molecule has 1 aromatic heterocycles. The Labute approximate surface area is 110 Å². The first-order chi connectivity index (χ1) is 8.59. The Bertz CT molecular complexity index is 441. The van der Waals surface area contributed by atoms with Gasteiger partial charge in [-0.3, -0.25) is 9.48 Å². The lowest BCUT2D eigenvalue weighted by atomic mass is 10.3. The van der Waals surface area contributed by atoms with Gasteiger partial charge in [0.25, 0.3) is 5.91 Å². The second kappa shape index (κ2) is 5.69. The van der Waals surface area contributed by atoms with Crippen molar-refractivity contribution in [2.24, 2.45) is 7.05 Å². The number of nitrogens with one attached hydrogen (secondary N) is 1. The van der Waals surface area contributed by atoms with Gasteiger partial charge in [0.2, 0.25) is 0 Å². The number of nitrogens with zero attached hydrogens (tertiary/aromatic N) is 2. The Morgan fingerprint density at radius 3 is 2.94 bits per heavy atom. The third-order valence-electron chi connectivity index (χ3n) is 2.74. The van der Waals surface area contributed by atoms with Gasteiger partial charge in [0, 0.05) is 13.6 Å². The predicted octanol–water partition coefficient (Wildman–Crippen LogP) is 0.527. The molecule has 18 heavy (non-hydrogen) atoms. The van der Waals surface area contributed by atoms with Crippen LogP contribution in [0.3, 0.4) is 0 Å². The summed E-state index contributed by atoms with van der Waals surface area (Å²) in [5, 5.41) is 7.25. The highest BCUT2D eigenvalue weighted by Gasteiger charge is 2.20. The maximum atomic E-state index is 12.0. The highest BCUT2D eigenvalue weighted by atomic mass is 35.5. The van der Waals surface area contributed by atoms with Gasteiger partial charge in [0.05, 0.1) is 36.6 Å². The number of hydrogen-bond donors (Lipinski definition) is 1. The van der Waals surface area contributed by atoms with E-state index in [9.17, 15) is 4.79 Å². The first-order valence-corrected chi connectivity index (χ1v) is 6.14. The second-order valence-corrected chi connectivity index (χ2v) is 4.53. The van der Waals surface area contributed by atoms with E-state index in [2.05, 4.69) is 10.4 Å². The first kappa shape index (κ1) is 13.3. The van der Waals surface area contributed by atoms with Crippen LogP contribution in [-0.4, -0.2) is 48.2 Å². The summed E-state index contributed by atoms with van der Waals surface area (Å²) in [6, 6.07) is 0. The molecule has 0 spiro atoms. The van der Waals surface area contributed by atoms with E-state index in [4.69, 9.17) is 21.1 Å². The van der Waals surface area contributed by atoms with Crippen LogP contribution in [0.2, 0.25) is 5.02 Å². The summed E-state index contributed by atoms with van der Waals surface area (Å²) >= 11 is 6.03. The minimum absolute atomic E-state index is 0.101. The maximum absolute atomic E-state index is 12.0. The van der Waals surface area contributed by atoms with Crippen LogP contribution >= 0.6 is 11.6 Å². The van der Waals surface area contributed by atoms with Gasteiger partial charge in [-0.15, -0.1) is 0 Å². The second-order valence-electron chi connectivity index (χ2n) is 4.15. The van der Waals surface area contributed by atoms with Gasteiger partial charge in [0.15, 0.2) is 0 Å². The number of carbonyl (C=O) groups is 1. The molecule has 1 aliphatic rings.